The van der Waals surface area contributed by atoms with Crippen LogP contribution in [0.25, 0.3) is 11.0 Å². The molecular formula is C28H22ClNO6. The maximum Gasteiger partial charge on any atom is 0.294 e. The fourth-order valence-electron chi connectivity index (χ4n) is 4.38. The van der Waals surface area contributed by atoms with Gasteiger partial charge in [-0.05, 0) is 61.0 Å². The number of carbonyl (C=O) groups is 2. The van der Waals surface area contributed by atoms with E-state index in [1.165, 1.54) is 12.0 Å². The smallest absolute Gasteiger partial charge is 0.294 e. The molecule has 3 aromatic carbocycles. The standard InChI is InChI=1S/C28H22ClNO6/c1-3-35-20-13-7-16(8-14-20)24-23(26(32)28(33)30(24)19-11-9-18(29)10-12-19)25(31)22-15-17-5-4-6-21(34-2)27(17)36-22/h4-15,24,32H,3H2,1-2H3. The number of furan rings is 1. The van der Waals surface area contributed by atoms with Crippen LogP contribution in [0.3, 0.4) is 0 Å². The number of amides is 1. The normalized spacial score (nSPS) is 15.6. The van der Waals surface area contributed by atoms with Gasteiger partial charge in [-0.15, -0.1) is 0 Å². The van der Waals surface area contributed by atoms with Crippen molar-refractivity contribution in [1.29, 1.82) is 0 Å². The number of nitrogens with zero attached hydrogens (tertiary/aromatic N) is 1. The van der Waals surface area contributed by atoms with E-state index in [-0.39, 0.29) is 11.3 Å². The maximum atomic E-state index is 13.8. The van der Waals surface area contributed by atoms with Crippen molar-refractivity contribution in [1.82, 2.24) is 0 Å². The minimum atomic E-state index is -0.906. The summed E-state index contributed by atoms with van der Waals surface area (Å²) in [5.74, 6) is -0.839. The number of Topliss-reactive ketones (excluding diaryl/α,β-unsaturated/α-hetero) is 1. The molecule has 0 fully saturated rings. The third-order valence-electron chi connectivity index (χ3n) is 6.02. The predicted molar refractivity (Wildman–Crippen MR) is 136 cm³/mol. The van der Waals surface area contributed by atoms with Gasteiger partial charge >= 0.3 is 0 Å². The molecule has 0 spiro atoms. The topological polar surface area (TPSA) is 89.2 Å². The lowest BCUT2D eigenvalue weighted by Crippen LogP contribution is -2.31. The number of halogens is 1. The Morgan fingerprint density at radius 3 is 2.47 bits per heavy atom. The van der Waals surface area contributed by atoms with E-state index in [2.05, 4.69) is 0 Å². The first-order valence-corrected chi connectivity index (χ1v) is 11.7. The first-order valence-electron chi connectivity index (χ1n) is 11.3. The monoisotopic (exact) mass is 503 g/mol. The van der Waals surface area contributed by atoms with E-state index in [1.54, 1.807) is 72.8 Å². The van der Waals surface area contributed by atoms with Crippen LogP contribution < -0.4 is 14.4 Å². The highest BCUT2D eigenvalue weighted by atomic mass is 35.5. The first-order chi connectivity index (χ1) is 17.4. The third-order valence-corrected chi connectivity index (χ3v) is 6.27. The largest absolute Gasteiger partial charge is 0.503 e. The zero-order chi connectivity index (χ0) is 25.4. The summed E-state index contributed by atoms with van der Waals surface area (Å²) >= 11 is 6.05. The number of hydrogen-bond donors (Lipinski definition) is 1. The van der Waals surface area contributed by atoms with Gasteiger partial charge in [0, 0.05) is 16.1 Å². The second-order valence-electron chi connectivity index (χ2n) is 8.14. The van der Waals surface area contributed by atoms with E-state index in [1.807, 2.05) is 6.92 Å². The average molecular weight is 504 g/mol. The number of fused-ring (bicyclic) bond motifs is 1. The number of hydrogen-bond acceptors (Lipinski definition) is 6. The van der Waals surface area contributed by atoms with Crippen LogP contribution >= 0.6 is 11.6 Å². The fourth-order valence-corrected chi connectivity index (χ4v) is 4.50. The minimum Gasteiger partial charge on any atom is -0.503 e. The maximum absolute atomic E-state index is 13.8. The molecule has 1 aliphatic heterocycles. The number of methoxy groups -OCH3 is 1. The second-order valence-corrected chi connectivity index (χ2v) is 8.57. The summed E-state index contributed by atoms with van der Waals surface area (Å²) in [6.07, 6.45) is 0. The van der Waals surface area contributed by atoms with Gasteiger partial charge in [0.05, 0.1) is 25.3 Å². The Labute approximate surface area is 212 Å². The van der Waals surface area contributed by atoms with Crippen molar-refractivity contribution in [2.45, 2.75) is 13.0 Å². The predicted octanol–water partition coefficient (Wildman–Crippen LogP) is 6.28. The zero-order valence-electron chi connectivity index (χ0n) is 19.5. The molecule has 7 nitrogen and oxygen atoms in total. The van der Waals surface area contributed by atoms with E-state index in [4.69, 9.17) is 25.5 Å². The van der Waals surface area contributed by atoms with Gasteiger partial charge in [-0.3, -0.25) is 14.5 Å². The lowest BCUT2D eigenvalue weighted by molar-refractivity contribution is -0.117. The lowest BCUT2D eigenvalue weighted by atomic mass is 9.94. The summed E-state index contributed by atoms with van der Waals surface area (Å²) in [7, 11) is 1.51. The summed E-state index contributed by atoms with van der Waals surface area (Å²) in [5, 5.41) is 12.1. The molecule has 0 saturated heterocycles. The third kappa shape index (κ3) is 3.97. The van der Waals surface area contributed by atoms with Gasteiger partial charge in [0.25, 0.3) is 5.91 Å². The first kappa shape index (κ1) is 23.5. The number of benzene rings is 3. The Hall–Kier alpha value is -4.23. The number of carbonyl (C=O) groups excluding carboxylic acids is 2. The molecule has 0 aliphatic carbocycles. The highest BCUT2D eigenvalue weighted by Crippen LogP contribution is 2.43. The molecule has 1 unspecified atom stereocenters. The van der Waals surface area contributed by atoms with Gasteiger partial charge in [-0.1, -0.05) is 35.9 Å². The highest BCUT2D eigenvalue weighted by Gasteiger charge is 2.45. The van der Waals surface area contributed by atoms with Crippen LogP contribution in [0.4, 0.5) is 5.69 Å². The molecule has 182 valence electrons. The Bertz CT molecular complexity index is 1490. The molecular weight excluding hydrogens is 482 g/mol. The summed E-state index contributed by atoms with van der Waals surface area (Å²) in [6, 6.07) is 19.6. The molecule has 1 amide bonds. The zero-order valence-corrected chi connectivity index (χ0v) is 20.3. The van der Waals surface area contributed by atoms with E-state index in [0.717, 1.165) is 0 Å². The van der Waals surface area contributed by atoms with Crippen molar-refractivity contribution in [3.63, 3.8) is 0 Å². The summed E-state index contributed by atoms with van der Waals surface area (Å²) in [4.78, 5) is 28.5. The van der Waals surface area contributed by atoms with Crippen LogP contribution in [-0.4, -0.2) is 30.5 Å². The Kier molecular flexibility index (Phi) is 6.16. The van der Waals surface area contributed by atoms with Crippen LogP contribution in [-0.2, 0) is 4.79 Å². The Morgan fingerprint density at radius 1 is 1.08 bits per heavy atom. The van der Waals surface area contributed by atoms with Crippen molar-refractivity contribution >= 4 is 39.9 Å². The van der Waals surface area contributed by atoms with Crippen LogP contribution in [0.15, 0.2) is 88.5 Å². The van der Waals surface area contributed by atoms with Gasteiger partial charge < -0.3 is 19.0 Å². The molecule has 5 rings (SSSR count). The van der Waals surface area contributed by atoms with E-state index in [0.29, 0.717) is 45.3 Å². The molecule has 0 bridgehead atoms. The minimum absolute atomic E-state index is 0.0160. The Balaban J connectivity index is 1.63. The number of ether oxygens (including phenoxy) is 2. The van der Waals surface area contributed by atoms with Gasteiger partial charge in [-0.2, -0.15) is 0 Å². The van der Waals surface area contributed by atoms with Crippen molar-refractivity contribution in [3.05, 3.63) is 100 Å². The number of aliphatic hydroxyl groups is 1. The molecule has 1 N–H and O–H groups in total. The molecule has 4 aromatic rings. The van der Waals surface area contributed by atoms with Crippen LogP contribution in [0.5, 0.6) is 11.5 Å². The molecule has 1 atom stereocenters. The molecule has 2 heterocycles. The summed E-state index contributed by atoms with van der Waals surface area (Å²) in [6.45, 7) is 2.38. The Morgan fingerprint density at radius 2 is 1.81 bits per heavy atom. The van der Waals surface area contributed by atoms with Gasteiger partial charge in [0.2, 0.25) is 5.78 Å². The summed E-state index contributed by atoms with van der Waals surface area (Å²) < 4.78 is 16.7. The molecule has 0 saturated carbocycles. The SMILES string of the molecule is CCOc1ccc(C2C(C(=O)c3cc4cccc(OC)c4o3)=C(O)C(=O)N2c2ccc(Cl)cc2)cc1. The van der Waals surface area contributed by atoms with Crippen molar-refractivity contribution in [3.8, 4) is 11.5 Å². The lowest BCUT2D eigenvalue weighted by Gasteiger charge is -2.27. The number of ketones is 1. The van der Waals surface area contributed by atoms with E-state index < -0.39 is 23.5 Å². The van der Waals surface area contributed by atoms with Crippen molar-refractivity contribution < 1.29 is 28.6 Å². The highest BCUT2D eigenvalue weighted by molar-refractivity contribution is 6.30. The number of aliphatic hydroxyl groups excluding tert-OH is 1. The van der Waals surface area contributed by atoms with Crippen LogP contribution in [0.2, 0.25) is 5.02 Å². The van der Waals surface area contributed by atoms with E-state index >= 15 is 0 Å². The van der Waals surface area contributed by atoms with Crippen molar-refractivity contribution in [2.75, 3.05) is 18.6 Å². The molecule has 1 aromatic heterocycles. The second kappa shape index (κ2) is 9.43. The van der Waals surface area contributed by atoms with Crippen molar-refractivity contribution in [2.24, 2.45) is 0 Å². The quantitative estimate of drug-likeness (QED) is 0.299. The molecule has 36 heavy (non-hydrogen) atoms. The number of anilines is 1. The van der Waals surface area contributed by atoms with Gasteiger partial charge in [-0.25, -0.2) is 0 Å². The average Bonchev–Trinajstić information content (AvgIpc) is 3.44. The van der Waals surface area contributed by atoms with Crippen LogP contribution in [0.1, 0.15) is 29.1 Å². The molecule has 0 radical (unpaired) electrons. The molecule has 8 heteroatoms. The summed E-state index contributed by atoms with van der Waals surface area (Å²) in [5.41, 5.74) is 1.41. The van der Waals surface area contributed by atoms with Gasteiger partial charge in [0.15, 0.2) is 22.9 Å². The number of para-hydroxylation sites is 1. The van der Waals surface area contributed by atoms with E-state index in [9.17, 15) is 14.7 Å². The fraction of sp³-hybridized carbons (Fsp3) is 0.143. The van der Waals surface area contributed by atoms with Crippen LogP contribution in [0, 0.1) is 0 Å². The molecule has 1 aliphatic rings. The van der Waals surface area contributed by atoms with Gasteiger partial charge in [0.1, 0.15) is 5.75 Å². The number of rotatable bonds is 7.